The first-order chi connectivity index (χ1) is 8.99. The second-order valence-corrected chi connectivity index (χ2v) is 8.74. The summed E-state index contributed by atoms with van der Waals surface area (Å²) in [6.45, 7) is 11.8. The minimum atomic E-state index is -2.06. The topological polar surface area (TPSA) is 44.8 Å². The predicted octanol–water partition coefficient (Wildman–Crippen LogP) is 3.03. The Hall–Kier alpha value is -0.653. The number of carbonyl (C=O) groups excluding carboxylic acids is 1. The van der Waals surface area contributed by atoms with Gasteiger partial charge >= 0.3 is 14.5 Å². The van der Waals surface area contributed by atoms with Crippen LogP contribution in [0, 0.1) is 5.41 Å². The molecule has 0 aromatic heterocycles. The second-order valence-electron chi connectivity index (χ2n) is 5.39. The third kappa shape index (κ3) is 4.74. The molecule has 0 N–H and O–H groups in total. The van der Waals surface area contributed by atoms with Crippen LogP contribution in [-0.4, -0.2) is 34.4 Å². The number of carbonyl (C=O) groups is 1. The van der Waals surface area contributed by atoms with E-state index >= 15 is 0 Å². The fourth-order valence-electron chi connectivity index (χ4n) is 2.12. The van der Waals surface area contributed by atoms with Crippen molar-refractivity contribution in [3.8, 4) is 0 Å². The minimum Gasteiger partial charge on any atom is -0.463 e. The standard InChI is InChI=1S/C14H26O4Si/c1-5-13(15)16-9-8-10-19(4)17-11-14(6-2,7-3)12-18-19/h5H,1,6-12H2,2-4H3. The summed E-state index contributed by atoms with van der Waals surface area (Å²) < 4.78 is 17.1. The van der Waals surface area contributed by atoms with Crippen LogP contribution in [0.15, 0.2) is 12.7 Å². The molecule has 4 nitrogen and oxygen atoms in total. The van der Waals surface area contributed by atoms with Crippen molar-refractivity contribution in [1.82, 2.24) is 0 Å². The minimum absolute atomic E-state index is 0.196. The lowest BCUT2D eigenvalue weighted by molar-refractivity contribution is -0.137. The second kappa shape index (κ2) is 7.22. The normalized spacial score (nSPS) is 20.8. The summed E-state index contributed by atoms with van der Waals surface area (Å²) >= 11 is 0. The first-order valence-corrected chi connectivity index (χ1v) is 9.59. The Bertz CT molecular complexity index is 303. The van der Waals surface area contributed by atoms with E-state index in [1.165, 1.54) is 6.08 Å². The van der Waals surface area contributed by atoms with Crippen LogP contribution in [0.25, 0.3) is 0 Å². The summed E-state index contributed by atoms with van der Waals surface area (Å²) in [5.74, 6) is -0.367. The summed E-state index contributed by atoms with van der Waals surface area (Å²) in [5.41, 5.74) is 0.196. The van der Waals surface area contributed by atoms with Crippen molar-refractivity contribution < 1.29 is 18.4 Å². The highest BCUT2D eigenvalue weighted by atomic mass is 28.4. The van der Waals surface area contributed by atoms with Gasteiger partial charge in [-0.05, 0) is 31.9 Å². The zero-order valence-corrected chi connectivity index (χ0v) is 13.4. The van der Waals surface area contributed by atoms with E-state index in [4.69, 9.17) is 13.6 Å². The van der Waals surface area contributed by atoms with E-state index in [1.54, 1.807) is 0 Å². The third-order valence-corrected chi connectivity index (χ3v) is 6.83. The maximum absolute atomic E-state index is 10.9. The largest absolute Gasteiger partial charge is 0.463 e. The highest BCUT2D eigenvalue weighted by Crippen LogP contribution is 2.35. The predicted molar refractivity (Wildman–Crippen MR) is 77.1 cm³/mol. The Morgan fingerprint density at radius 1 is 1.37 bits per heavy atom. The lowest BCUT2D eigenvalue weighted by Gasteiger charge is -2.43. The van der Waals surface area contributed by atoms with Gasteiger partial charge in [-0.15, -0.1) is 0 Å². The smallest absolute Gasteiger partial charge is 0.335 e. The molecule has 0 unspecified atom stereocenters. The molecule has 1 heterocycles. The average Bonchev–Trinajstić information content (AvgIpc) is 2.45. The van der Waals surface area contributed by atoms with Gasteiger partial charge < -0.3 is 13.6 Å². The van der Waals surface area contributed by atoms with Crippen molar-refractivity contribution in [2.45, 2.75) is 45.7 Å². The molecule has 1 rings (SSSR count). The Balaban J connectivity index is 2.31. The zero-order chi connectivity index (χ0) is 14.4. The lowest BCUT2D eigenvalue weighted by atomic mass is 9.84. The quantitative estimate of drug-likeness (QED) is 0.312. The first kappa shape index (κ1) is 16.4. The number of hydrogen-bond acceptors (Lipinski definition) is 4. The SMILES string of the molecule is C=CC(=O)OCCC[Si]1(C)OCC(CC)(CC)CO1. The first-order valence-electron chi connectivity index (χ1n) is 7.06. The van der Waals surface area contributed by atoms with E-state index in [9.17, 15) is 4.79 Å². The molecule has 0 bridgehead atoms. The molecule has 0 atom stereocenters. The summed E-state index contributed by atoms with van der Waals surface area (Å²) in [6, 6.07) is 0.862. The molecule has 19 heavy (non-hydrogen) atoms. The van der Waals surface area contributed by atoms with Gasteiger partial charge in [0, 0.05) is 24.7 Å². The van der Waals surface area contributed by atoms with Crippen LogP contribution in [0.1, 0.15) is 33.1 Å². The molecule has 1 aliphatic rings. The Morgan fingerprint density at radius 2 is 1.95 bits per heavy atom. The molecule has 110 valence electrons. The van der Waals surface area contributed by atoms with E-state index in [-0.39, 0.29) is 11.4 Å². The number of hydrogen-bond donors (Lipinski definition) is 0. The van der Waals surface area contributed by atoms with E-state index in [2.05, 4.69) is 27.0 Å². The molecule has 0 aliphatic carbocycles. The third-order valence-electron chi connectivity index (χ3n) is 4.05. The molecular weight excluding hydrogens is 260 g/mol. The molecule has 0 aromatic carbocycles. The fourth-order valence-corrected chi connectivity index (χ4v) is 4.50. The van der Waals surface area contributed by atoms with Gasteiger partial charge in [-0.2, -0.15) is 0 Å². The van der Waals surface area contributed by atoms with Gasteiger partial charge in [0.2, 0.25) is 0 Å². The molecule has 5 heteroatoms. The molecule has 0 spiro atoms. The van der Waals surface area contributed by atoms with Crippen molar-refractivity contribution in [3.63, 3.8) is 0 Å². The van der Waals surface area contributed by atoms with Crippen molar-refractivity contribution in [2.75, 3.05) is 19.8 Å². The number of esters is 1. The summed E-state index contributed by atoms with van der Waals surface area (Å²) in [7, 11) is -2.06. The summed E-state index contributed by atoms with van der Waals surface area (Å²) in [6.07, 6.45) is 4.15. The molecular formula is C14H26O4Si. The maximum Gasteiger partial charge on any atom is 0.335 e. The van der Waals surface area contributed by atoms with Crippen LogP contribution in [0.4, 0.5) is 0 Å². The van der Waals surface area contributed by atoms with Crippen molar-refractivity contribution >= 4 is 14.5 Å². The highest BCUT2D eigenvalue weighted by molar-refractivity contribution is 6.66. The van der Waals surface area contributed by atoms with Crippen LogP contribution in [0.5, 0.6) is 0 Å². The van der Waals surface area contributed by atoms with Gasteiger partial charge in [0.1, 0.15) is 0 Å². The van der Waals surface area contributed by atoms with Crippen LogP contribution in [0.3, 0.4) is 0 Å². The molecule has 0 radical (unpaired) electrons. The Labute approximate surface area is 117 Å². The average molecular weight is 286 g/mol. The van der Waals surface area contributed by atoms with E-state index in [0.717, 1.165) is 38.5 Å². The Morgan fingerprint density at radius 3 is 2.42 bits per heavy atom. The van der Waals surface area contributed by atoms with E-state index < -0.39 is 8.56 Å². The van der Waals surface area contributed by atoms with Crippen molar-refractivity contribution in [3.05, 3.63) is 12.7 Å². The van der Waals surface area contributed by atoms with Crippen LogP contribution in [0.2, 0.25) is 12.6 Å². The van der Waals surface area contributed by atoms with Gasteiger partial charge in [-0.1, -0.05) is 20.4 Å². The molecule has 1 fully saturated rings. The monoisotopic (exact) mass is 286 g/mol. The number of ether oxygens (including phenoxy) is 1. The van der Waals surface area contributed by atoms with Crippen LogP contribution in [-0.2, 0) is 18.4 Å². The van der Waals surface area contributed by atoms with Crippen LogP contribution < -0.4 is 0 Å². The lowest BCUT2D eigenvalue weighted by Crippen LogP contribution is -2.51. The van der Waals surface area contributed by atoms with Gasteiger partial charge in [-0.3, -0.25) is 0 Å². The van der Waals surface area contributed by atoms with E-state index in [0.29, 0.717) is 6.61 Å². The van der Waals surface area contributed by atoms with Gasteiger partial charge in [0.15, 0.2) is 0 Å². The van der Waals surface area contributed by atoms with E-state index in [1.807, 2.05) is 0 Å². The van der Waals surface area contributed by atoms with Crippen molar-refractivity contribution in [1.29, 1.82) is 0 Å². The van der Waals surface area contributed by atoms with Crippen molar-refractivity contribution in [2.24, 2.45) is 5.41 Å². The summed E-state index contributed by atoms with van der Waals surface area (Å²) in [4.78, 5) is 10.9. The van der Waals surface area contributed by atoms with Crippen LogP contribution >= 0.6 is 0 Å². The molecule has 0 amide bonds. The highest BCUT2D eigenvalue weighted by Gasteiger charge is 2.42. The maximum atomic E-state index is 10.9. The molecule has 0 saturated carbocycles. The fraction of sp³-hybridized carbons (Fsp3) is 0.786. The summed E-state index contributed by atoms with van der Waals surface area (Å²) in [5, 5.41) is 0. The van der Waals surface area contributed by atoms with Gasteiger partial charge in [0.25, 0.3) is 0 Å². The van der Waals surface area contributed by atoms with Gasteiger partial charge in [-0.25, -0.2) is 4.79 Å². The van der Waals surface area contributed by atoms with Gasteiger partial charge in [0.05, 0.1) is 6.61 Å². The number of rotatable bonds is 7. The molecule has 0 aromatic rings. The molecule has 1 aliphatic heterocycles. The molecule has 1 saturated heterocycles. The zero-order valence-electron chi connectivity index (χ0n) is 12.4. The Kier molecular flexibility index (Phi) is 6.23.